The number of thiocarbonyl (C=S) groups is 1. The molecule has 1 aromatic heterocycles. The lowest BCUT2D eigenvalue weighted by Gasteiger charge is -2.25. The second kappa shape index (κ2) is 4.57. The van der Waals surface area contributed by atoms with Crippen molar-refractivity contribution in [1.29, 1.82) is 0 Å². The van der Waals surface area contributed by atoms with Gasteiger partial charge in [0.1, 0.15) is 10.8 Å². The minimum Gasteiger partial charge on any atom is -0.389 e. The van der Waals surface area contributed by atoms with Crippen LogP contribution in [0.1, 0.15) is 25.0 Å². The van der Waals surface area contributed by atoms with Gasteiger partial charge in [0.2, 0.25) is 0 Å². The van der Waals surface area contributed by atoms with Crippen molar-refractivity contribution in [3.63, 3.8) is 0 Å². The molecule has 2 N–H and O–H groups in total. The summed E-state index contributed by atoms with van der Waals surface area (Å²) in [5.74, 6) is 0.859. The first-order chi connectivity index (χ1) is 6.95. The molecule has 0 saturated heterocycles. The molecule has 0 saturated carbocycles. The SMILES string of the molecule is Cc1ccnc(N(C)C(C)C)c1C(N)=S. The molecule has 1 rings (SSSR count). The number of rotatable bonds is 3. The van der Waals surface area contributed by atoms with E-state index in [0.717, 1.165) is 16.9 Å². The average Bonchev–Trinajstić information content (AvgIpc) is 2.15. The maximum Gasteiger partial charge on any atom is 0.139 e. The topological polar surface area (TPSA) is 42.2 Å². The Morgan fingerprint density at radius 2 is 2.13 bits per heavy atom. The van der Waals surface area contributed by atoms with Crippen molar-refractivity contribution in [2.45, 2.75) is 26.8 Å². The van der Waals surface area contributed by atoms with E-state index < -0.39 is 0 Å². The van der Waals surface area contributed by atoms with Crippen molar-refractivity contribution < 1.29 is 0 Å². The van der Waals surface area contributed by atoms with Crippen LogP contribution in [0.4, 0.5) is 5.82 Å². The zero-order valence-electron chi connectivity index (χ0n) is 9.61. The first kappa shape index (κ1) is 11.9. The minimum atomic E-state index is 0.368. The molecule has 82 valence electrons. The average molecular weight is 223 g/mol. The third-order valence-electron chi connectivity index (χ3n) is 2.49. The van der Waals surface area contributed by atoms with Crippen LogP contribution in [0.3, 0.4) is 0 Å². The first-order valence-corrected chi connectivity index (χ1v) is 5.34. The van der Waals surface area contributed by atoms with Crippen LogP contribution in [0, 0.1) is 6.92 Å². The summed E-state index contributed by atoms with van der Waals surface area (Å²) < 4.78 is 0. The van der Waals surface area contributed by atoms with E-state index in [0.29, 0.717) is 11.0 Å². The molecule has 0 aromatic carbocycles. The van der Waals surface area contributed by atoms with Gasteiger partial charge in [-0.2, -0.15) is 0 Å². The first-order valence-electron chi connectivity index (χ1n) is 4.93. The molecular weight excluding hydrogens is 206 g/mol. The Morgan fingerprint density at radius 1 is 1.53 bits per heavy atom. The summed E-state index contributed by atoms with van der Waals surface area (Å²) in [6.07, 6.45) is 1.78. The Hall–Kier alpha value is -1.16. The van der Waals surface area contributed by atoms with Crippen LogP contribution in [0.5, 0.6) is 0 Å². The maximum atomic E-state index is 5.72. The smallest absolute Gasteiger partial charge is 0.139 e. The number of nitrogens with zero attached hydrogens (tertiary/aromatic N) is 2. The molecule has 3 nitrogen and oxygen atoms in total. The predicted molar refractivity (Wildman–Crippen MR) is 68.4 cm³/mol. The van der Waals surface area contributed by atoms with E-state index in [1.54, 1.807) is 6.20 Å². The summed E-state index contributed by atoms with van der Waals surface area (Å²) in [6.45, 7) is 6.20. The molecule has 0 unspecified atom stereocenters. The number of nitrogens with two attached hydrogens (primary N) is 1. The van der Waals surface area contributed by atoms with Crippen molar-refractivity contribution in [3.8, 4) is 0 Å². The Labute approximate surface area is 96.3 Å². The molecule has 0 aliphatic carbocycles. The molecule has 15 heavy (non-hydrogen) atoms. The number of aromatic nitrogens is 1. The van der Waals surface area contributed by atoms with Gasteiger partial charge in [-0.05, 0) is 32.4 Å². The summed E-state index contributed by atoms with van der Waals surface area (Å²) in [5.41, 5.74) is 7.67. The standard InChI is InChI=1S/C11H17N3S/c1-7(2)14(4)11-9(10(12)15)8(3)5-6-13-11/h5-7H,1-4H3,(H2,12,15). The van der Waals surface area contributed by atoms with Gasteiger partial charge in [-0.25, -0.2) is 4.98 Å². The fourth-order valence-corrected chi connectivity index (χ4v) is 1.61. The summed E-state index contributed by atoms with van der Waals surface area (Å²) >= 11 is 5.05. The number of hydrogen-bond donors (Lipinski definition) is 1. The summed E-state index contributed by atoms with van der Waals surface area (Å²) in [5, 5.41) is 0. The fraction of sp³-hybridized carbons (Fsp3) is 0.455. The summed E-state index contributed by atoms with van der Waals surface area (Å²) in [4.78, 5) is 6.82. The number of pyridine rings is 1. The van der Waals surface area contributed by atoms with Crippen LogP contribution in [0.15, 0.2) is 12.3 Å². The van der Waals surface area contributed by atoms with Crippen molar-refractivity contribution in [2.75, 3.05) is 11.9 Å². The maximum absolute atomic E-state index is 5.72. The van der Waals surface area contributed by atoms with Crippen molar-refractivity contribution in [1.82, 2.24) is 4.98 Å². The molecule has 0 fully saturated rings. The van der Waals surface area contributed by atoms with Crippen LogP contribution in [0.2, 0.25) is 0 Å². The Balaban J connectivity index is 3.29. The highest BCUT2D eigenvalue weighted by Gasteiger charge is 2.15. The molecule has 0 radical (unpaired) electrons. The molecule has 4 heteroatoms. The minimum absolute atomic E-state index is 0.368. The van der Waals surface area contributed by atoms with Crippen LogP contribution >= 0.6 is 12.2 Å². The second-order valence-electron chi connectivity index (χ2n) is 3.90. The zero-order valence-corrected chi connectivity index (χ0v) is 10.4. The molecule has 0 amide bonds. The number of hydrogen-bond acceptors (Lipinski definition) is 3. The fourth-order valence-electron chi connectivity index (χ4n) is 1.36. The number of aryl methyl sites for hydroxylation is 1. The van der Waals surface area contributed by atoms with E-state index in [4.69, 9.17) is 18.0 Å². The largest absolute Gasteiger partial charge is 0.389 e. The van der Waals surface area contributed by atoms with Gasteiger partial charge in [0.05, 0.1) is 5.56 Å². The van der Waals surface area contributed by atoms with Crippen LogP contribution in [-0.2, 0) is 0 Å². The molecule has 0 bridgehead atoms. The van der Waals surface area contributed by atoms with Gasteiger partial charge >= 0.3 is 0 Å². The lowest BCUT2D eigenvalue weighted by Crippen LogP contribution is -2.29. The Bertz CT molecular complexity index is 374. The molecule has 0 atom stereocenters. The monoisotopic (exact) mass is 223 g/mol. The summed E-state index contributed by atoms with van der Waals surface area (Å²) in [7, 11) is 1.99. The Morgan fingerprint density at radius 3 is 2.60 bits per heavy atom. The van der Waals surface area contributed by atoms with Gasteiger partial charge in [-0.1, -0.05) is 12.2 Å². The quantitative estimate of drug-likeness (QED) is 0.794. The van der Waals surface area contributed by atoms with Gasteiger partial charge in [0.25, 0.3) is 0 Å². The third kappa shape index (κ3) is 2.45. The Kier molecular flexibility index (Phi) is 3.63. The van der Waals surface area contributed by atoms with Gasteiger partial charge in [-0.3, -0.25) is 0 Å². The highest BCUT2D eigenvalue weighted by Crippen LogP contribution is 2.21. The van der Waals surface area contributed by atoms with E-state index in [1.165, 1.54) is 0 Å². The van der Waals surface area contributed by atoms with Crippen molar-refractivity contribution in [2.24, 2.45) is 5.73 Å². The molecule has 0 spiro atoms. The lowest BCUT2D eigenvalue weighted by atomic mass is 10.1. The van der Waals surface area contributed by atoms with Crippen LogP contribution in [0.25, 0.3) is 0 Å². The summed E-state index contributed by atoms with van der Waals surface area (Å²) in [6, 6.07) is 2.29. The van der Waals surface area contributed by atoms with Crippen LogP contribution < -0.4 is 10.6 Å². The van der Waals surface area contributed by atoms with Crippen molar-refractivity contribution in [3.05, 3.63) is 23.4 Å². The molecule has 0 aliphatic heterocycles. The molecular formula is C11H17N3S. The van der Waals surface area contributed by atoms with Gasteiger partial charge in [0.15, 0.2) is 0 Å². The highest BCUT2D eigenvalue weighted by atomic mass is 32.1. The van der Waals surface area contributed by atoms with Gasteiger partial charge < -0.3 is 10.6 Å². The molecule has 0 aliphatic rings. The van der Waals surface area contributed by atoms with Gasteiger partial charge in [0, 0.05) is 19.3 Å². The molecule has 1 heterocycles. The highest BCUT2D eigenvalue weighted by molar-refractivity contribution is 7.80. The van der Waals surface area contributed by atoms with Crippen LogP contribution in [-0.4, -0.2) is 23.1 Å². The van der Waals surface area contributed by atoms with E-state index >= 15 is 0 Å². The third-order valence-corrected chi connectivity index (χ3v) is 2.70. The van der Waals surface area contributed by atoms with E-state index in [1.807, 2.05) is 20.0 Å². The van der Waals surface area contributed by atoms with Crippen molar-refractivity contribution >= 4 is 23.0 Å². The predicted octanol–water partition coefficient (Wildman–Crippen LogP) is 1.87. The normalized spacial score (nSPS) is 10.5. The van der Waals surface area contributed by atoms with E-state index in [2.05, 4.69) is 23.7 Å². The second-order valence-corrected chi connectivity index (χ2v) is 4.34. The van der Waals surface area contributed by atoms with Gasteiger partial charge in [-0.15, -0.1) is 0 Å². The molecule has 1 aromatic rings. The lowest BCUT2D eigenvalue weighted by molar-refractivity contribution is 0.742. The zero-order chi connectivity index (χ0) is 11.6. The van der Waals surface area contributed by atoms with E-state index in [9.17, 15) is 0 Å². The number of anilines is 1. The van der Waals surface area contributed by atoms with E-state index in [-0.39, 0.29) is 0 Å².